The average molecular weight is 246 g/mol. The normalized spacial score (nSPS) is 13.7. The summed E-state index contributed by atoms with van der Waals surface area (Å²) in [5, 5.41) is 4.50. The van der Waals surface area contributed by atoms with Crippen LogP contribution in [0.1, 0.15) is 27.6 Å². The Morgan fingerprint density at radius 2 is 2.24 bits per heavy atom. The van der Waals surface area contributed by atoms with Gasteiger partial charge < -0.3 is 5.32 Å². The predicted octanol–water partition coefficient (Wildman–Crippen LogP) is 2.34. The zero-order chi connectivity index (χ0) is 11.7. The maximum Gasteiger partial charge on any atom is 0.133 e. The number of thiazole rings is 1. The quantitative estimate of drug-likeness (QED) is 0.903. The third-order valence-electron chi connectivity index (χ3n) is 2.97. The number of fused-ring (bicyclic) bond motifs is 1. The zero-order valence-corrected chi connectivity index (χ0v) is 10.5. The fourth-order valence-electron chi connectivity index (χ4n) is 2.17. The van der Waals surface area contributed by atoms with Gasteiger partial charge in [0.05, 0.1) is 11.6 Å². The summed E-state index contributed by atoms with van der Waals surface area (Å²) in [4.78, 5) is 14.1. The van der Waals surface area contributed by atoms with Crippen LogP contribution < -0.4 is 5.32 Å². The number of nitrogens with one attached hydrogen (secondary N) is 1. The smallest absolute Gasteiger partial charge is 0.133 e. The molecular formula is C12H14N4S. The van der Waals surface area contributed by atoms with Crippen LogP contribution in [0.2, 0.25) is 0 Å². The zero-order valence-electron chi connectivity index (χ0n) is 9.73. The molecule has 0 unspecified atom stereocenters. The number of hydrogen-bond donors (Lipinski definition) is 1. The maximum atomic E-state index is 4.33. The molecule has 0 aromatic carbocycles. The van der Waals surface area contributed by atoms with Crippen molar-refractivity contribution in [1.29, 1.82) is 0 Å². The molecule has 2 aromatic rings. The van der Waals surface area contributed by atoms with Gasteiger partial charge in [0.1, 0.15) is 12.1 Å². The van der Waals surface area contributed by atoms with E-state index in [4.69, 9.17) is 0 Å². The first-order valence-electron chi connectivity index (χ1n) is 5.81. The summed E-state index contributed by atoms with van der Waals surface area (Å²) in [7, 11) is 0. The number of rotatable bonds is 3. The van der Waals surface area contributed by atoms with Crippen LogP contribution in [0.5, 0.6) is 0 Å². The highest BCUT2D eigenvalue weighted by Gasteiger charge is 2.16. The molecule has 0 amide bonds. The van der Waals surface area contributed by atoms with Crippen LogP contribution >= 0.6 is 11.3 Å². The minimum absolute atomic E-state index is 0.801. The molecule has 0 spiro atoms. The van der Waals surface area contributed by atoms with Crippen molar-refractivity contribution in [2.45, 2.75) is 32.7 Å². The Kier molecular flexibility index (Phi) is 2.76. The minimum Gasteiger partial charge on any atom is -0.365 e. The molecule has 1 aliphatic rings. The van der Waals surface area contributed by atoms with E-state index in [2.05, 4.69) is 20.3 Å². The summed E-state index contributed by atoms with van der Waals surface area (Å²) in [5.41, 5.74) is 2.51. The second kappa shape index (κ2) is 4.41. The molecule has 0 bridgehead atoms. The molecule has 0 fully saturated rings. The van der Waals surface area contributed by atoms with Crippen LogP contribution in [0.25, 0.3) is 0 Å². The van der Waals surface area contributed by atoms with Crippen LogP contribution in [0.15, 0.2) is 12.5 Å². The van der Waals surface area contributed by atoms with Gasteiger partial charge in [0.25, 0.3) is 0 Å². The summed E-state index contributed by atoms with van der Waals surface area (Å²) in [6.07, 6.45) is 6.97. The number of nitrogens with zero attached hydrogens (tertiary/aromatic N) is 3. The topological polar surface area (TPSA) is 50.7 Å². The predicted molar refractivity (Wildman–Crippen MR) is 68.2 cm³/mol. The van der Waals surface area contributed by atoms with Gasteiger partial charge in [-0.3, -0.25) is 0 Å². The van der Waals surface area contributed by atoms with E-state index >= 15 is 0 Å². The Morgan fingerprint density at radius 3 is 3.06 bits per heavy atom. The number of anilines is 1. The lowest BCUT2D eigenvalue weighted by atomic mass is 10.2. The van der Waals surface area contributed by atoms with Crippen molar-refractivity contribution in [3.05, 3.63) is 33.7 Å². The van der Waals surface area contributed by atoms with Crippen molar-refractivity contribution in [1.82, 2.24) is 15.0 Å². The molecule has 1 aliphatic carbocycles. The van der Waals surface area contributed by atoms with Crippen molar-refractivity contribution in [2.75, 3.05) is 5.32 Å². The molecule has 0 saturated heterocycles. The van der Waals surface area contributed by atoms with Crippen LogP contribution in [0.4, 0.5) is 5.82 Å². The van der Waals surface area contributed by atoms with E-state index < -0.39 is 0 Å². The molecule has 5 heteroatoms. The molecule has 17 heavy (non-hydrogen) atoms. The first kappa shape index (κ1) is 10.7. The van der Waals surface area contributed by atoms with E-state index in [0.717, 1.165) is 30.2 Å². The van der Waals surface area contributed by atoms with Crippen molar-refractivity contribution in [3.8, 4) is 0 Å². The van der Waals surface area contributed by atoms with E-state index in [1.807, 2.05) is 13.1 Å². The van der Waals surface area contributed by atoms with Gasteiger partial charge in [-0.25, -0.2) is 15.0 Å². The maximum absolute atomic E-state index is 4.33. The highest BCUT2D eigenvalue weighted by Crippen LogP contribution is 2.25. The summed E-state index contributed by atoms with van der Waals surface area (Å²) < 4.78 is 0. The van der Waals surface area contributed by atoms with Gasteiger partial charge in [0, 0.05) is 22.3 Å². The van der Waals surface area contributed by atoms with Gasteiger partial charge in [0.15, 0.2) is 0 Å². The summed E-state index contributed by atoms with van der Waals surface area (Å²) in [5.74, 6) is 0.999. The summed E-state index contributed by atoms with van der Waals surface area (Å²) in [6, 6.07) is 0. The molecule has 0 aliphatic heterocycles. The van der Waals surface area contributed by atoms with E-state index in [9.17, 15) is 0 Å². The largest absolute Gasteiger partial charge is 0.365 e. The highest BCUT2D eigenvalue weighted by atomic mass is 32.1. The van der Waals surface area contributed by atoms with Crippen molar-refractivity contribution in [2.24, 2.45) is 0 Å². The van der Waals surface area contributed by atoms with Crippen LogP contribution in [0, 0.1) is 6.92 Å². The molecule has 0 atom stereocenters. The third kappa shape index (κ3) is 2.15. The van der Waals surface area contributed by atoms with E-state index in [1.54, 1.807) is 17.7 Å². The Balaban J connectivity index is 1.75. The average Bonchev–Trinajstić information content (AvgIpc) is 2.94. The van der Waals surface area contributed by atoms with Crippen LogP contribution in [-0.4, -0.2) is 15.0 Å². The van der Waals surface area contributed by atoms with Crippen LogP contribution in [-0.2, 0) is 19.4 Å². The lowest BCUT2D eigenvalue weighted by molar-refractivity contribution is 0.899. The Hall–Kier alpha value is -1.49. The van der Waals surface area contributed by atoms with Gasteiger partial charge in [-0.1, -0.05) is 0 Å². The monoisotopic (exact) mass is 246 g/mol. The van der Waals surface area contributed by atoms with Crippen LogP contribution in [0.3, 0.4) is 0 Å². The fraction of sp³-hybridized carbons (Fsp3) is 0.417. The summed E-state index contributed by atoms with van der Waals surface area (Å²) >= 11 is 1.72. The molecule has 2 aromatic heterocycles. The molecule has 2 heterocycles. The Bertz CT molecular complexity index is 535. The van der Waals surface area contributed by atoms with Crippen molar-refractivity contribution >= 4 is 17.2 Å². The Labute approximate surface area is 104 Å². The lowest BCUT2D eigenvalue weighted by Gasteiger charge is -2.07. The molecule has 0 radical (unpaired) electrons. The first-order valence-corrected chi connectivity index (χ1v) is 6.62. The molecular weight excluding hydrogens is 232 g/mol. The van der Waals surface area contributed by atoms with Gasteiger partial charge in [-0.05, 0) is 26.2 Å². The number of aryl methyl sites for hydroxylation is 2. The molecule has 0 saturated carbocycles. The third-order valence-corrected chi connectivity index (χ3v) is 3.89. The number of aromatic nitrogens is 3. The minimum atomic E-state index is 0.801. The highest BCUT2D eigenvalue weighted by molar-refractivity contribution is 7.11. The van der Waals surface area contributed by atoms with Gasteiger partial charge >= 0.3 is 0 Å². The van der Waals surface area contributed by atoms with E-state index in [1.165, 1.54) is 22.6 Å². The van der Waals surface area contributed by atoms with Gasteiger partial charge in [-0.2, -0.15) is 0 Å². The van der Waals surface area contributed by atoms with Crippen molar-refractivity contribution in [3.63, 3.8) is 0 Å². The standard InChI is InChI=1S/C12H14N4S/c1-8-13-5-9(17-8)6-14-12-10-3-2-4-11(10)15-7-16-12/h5,7H,2-4,6H2,1H3,(H,14,15,16). The fourth-order valence-corrected chi connectivity index (χ4v) is 2.90. The molecule has 3 rings (SSSR count). The summed E-state index contributed by atoms with van der Waals surface area (Å²) in [6.45, 7) is 2.82. The SMILES string of the molecule is Cc1ncc(CNc2ncnc3c2CCC3)s1. The second-order valence-electron chi connectivity index (χ2n) is 4.20. The molecule has 1 N–H and O–H groups in total. The van der Waals surface area contributed by atoms with E-state index in [-0.39, 0.29) is 0 Å². The molecule has 4 nitrogen and oxygen atoms in total. The number of hydrogen-bond acceptors (Lipinski definition) is 5. The Morgan fingerprint density at radius 1 is 1.29 bits per heavy atom. The van der Waals surface area contributed by atoms with Gasteiger partial charge in [-0.15, -0.1) is 11.3 Å². The molecule has 88 valence electrons. The second-order valence-corrected chi connectivity index (χ2v) is 5.52. The van der Waals surface area contributed by atoms with Crippen molar-refractivity contribution < 1.29 is 0 Å². The first-order chi connectivity index (χ1) is 8.33. The van der Waals surface area contributed by atoms with Gasteiger partial charge in [0.2, 0.25) is 0 Å². The van der Waals surface area contributed by atoms with E-state index in [0.29, 0.717) is 0 Å². The lowest BCUT2D eigenvalue weighted by Crippen LogP contribution is -2.04.